The molecule has 0 radical (unpaired) electrons. The van der Waals surface area contributed by atoms with Gasteiger partial charge in [-0.3, -0.25) is 0 Å². The summed E-state index contributed by atoms with van der Waals surface area (Å²) in [6.45, 7) is 34.4. The fourth-order valence-electron chi connectivity index (χ4n) is 7.07. The predicted octanol–water partition coefficient (Wildman–Crippen LogP) is 13.0. The van der Waals surface area contributed by atoms with Crippen LogP contribution in [0.25, 0.3) is 12.2 Å². The molecule has 68 heavy (non-hydrogen) atoms. The molecule has 0 unspecified atom stereocenters. The van der Waals surface area contributed by atoms with Gasteiger partial charge in [-0.25, -0.2) is 19.6 Å². The molecule has 4 bridgehead atoms. The molecule has 2 aromatic heterocycles. The van der Waals surface area contributed by atoms with Crippen molar-refractivity contribution in [2.24, 2.45) is 10.8 Å². The van der Waals surface area contributed by atoms with Crippen molar-refractivity contribution in [1.29, 1.82) is 0 Å². The van der Waals surface area contributed by atoms with E-state index < -0.39 is 51.6 Å². The Bertz CT molecular complexity index is 2120. The fourth-order valence-corrected chi connectivity index (χ4v) is 9.81. The minimum atomic E-state index is -2.23. The van der Waals surface area contributed by atoms with Gasteiger partial charge in [-0.2, -0.15) is 0 Å². The summed E-state index contributed by atoms with van der Waals surface area (Å²) >= 11 is 0. The van der Waals surface area contributed by atoms with Crippen LogP contribution in [0, 0.1) is 10.8 Å². The molecule has 3 aliphatic heterocycles. The minimum absolute atomic E-state index is 0.0298. The molecule has 0 aromatic carbocycles. The molecule has 2 saturated heterocycles. The molecule has 12 nitrogen and oxygen atoms in total. The number of epoxide rings is 2. The molecule has 3 aliphatic rings. The topological polar surface area (TPSA) is 148 Å². The molecule has 8 atom stereocenters. The first-order valence-electron chi connectivity index (χ1n) is 24.0. The maximum Gasteiger partial charge on any atom is 0.360 e. The van der Waals surface area contributed by atoms with Gasteiger partial charge < -0.3 is 36.6 Å². The minimum Gasteiger partial charge on any atom is -0.457 e. The van der Waals surface area contributed by atoms with Crippen LogP contribution in [0.2, 0.25) is 36.3 Å². The van der Waals surface area contributed by atoms with E-state index in [1.807, 2.05) is 74.6 Å². The number of fused-ring (bicyclic) bond motifs is 6. The summed E-state index contributed by atoms with van der Waals surface area (Å²) in [4.78, 5) is 36.5. The zero-order valence-corrected chi connectivity index (χ0v) is 45.4. The van der Waals surface area contributed by atoms with Crippen molar-refractivity contribution < 1.29 is 46.2 Å². The first kappa shape index (κ1) is 54.5. The number of ether oxygens (including phenoxy) is 4. The van der Waals surface area contributed by atoms with E-state index in [9.17, 15) is 9.59 Å². The number of esters is 2. The van der Waals surface area contributed by atoms with E-state index >= 15 is 0 Å². The molecule has 0 N–H and O–H groups in total. The lowest BCUT2D eigenvalue weighted by atomic mass is 9.79. The van der Waals surface area contributed by atoms with E-state index in [2.05, 4.69) is 118 Å². The Kier molecular flexibility index (Phi) is 17.7. The van der Waals surface area contributed by atoms with Crippen LogP contribution in [0.4, 0.5) is 0 Å². The molecule has 0 amide bonds. The molecule has 2 fully saturated rings. The van der Waals surface area contributed by atoms with E-state index in [0.717, 1.165) is 0 Å². The molecule has 0 aliphatic carbocycles. The normalized spacial score (nSPS) is 27.8. The highest BCUT2D eigenvalue weighted by atomic mass is 28.4. The molecule has 5 heterocycles. The van der Waals surface area contributed by atoms with Crippen LogP contribution in [-0.4, -0.2) is 87.4 Å². The van der Waals surface area contributed by atoms with Crippen molar-refractivity contribution in [3.05, 3.63) is 121 Å². The van der Waals surface area contributed by atoms with Crippen LogP contribution >= 0.6 is 0 Å². The van der Waals surface area contributed by atoms with Gasteiger partial charge in [0.25, 0.3) is 0 Å². The van der Waals surface area contributed by atoms with Crippen LogP contribution in [0.3, 0.4) is 0 Å². The molecule has 14 heteroatoms. The number of carbonyl (C=O) groups excluding carboxylic acids is 2. The number of cyclic esters (lactones) is 2. The second kappa shape index (κ2) is 22.1. The Hall–Kier alpha value is -4.45. The van der Waals surface area contributed by atoms with Gasteiger partial charge in [-0.15, -0.1) is 0 Å². The van der Waals surface area contributed by atoms with Crippen LogP contribution in [0.5, 0.6) is 0 Å². The Morgan fingerprint density at radius 3 is 1.26 bits per heavy atom. The SMILES string of the molecule is C/C=C/[C@H](O[Si](C)(C)C(C)(C)C)C(C)(C)[C@@H]1C/C=C\[C@H]2O[C@H]2/C=C/C=C\c2nc(co2)C(=O)O[C@H](C(C)(C)[C@H](/C=C/C)O[Si](C)(C)C(C)(C)C)C/C=C\[C@H]2O[C@H]2/C=C/C=C\c2nc(co2)C(=O)O1. The number of allylic oxidation sites excluding steroid dienone is 6. The summed E-state index contributed by atoms with van der Waals surface area (Å²) in [6.07, 6.45) is 31.6. The maximum absolute atomic E-state index is 13.8. The Morgan fingerprint density at radius 1 is 0.574 bits per heavy atom. The van der Waals surface area contributed by atoms with Gasteiger partial charge in [0.1, 0.15) is 49.2 Å². The number of carbonyl (C=O) groups is 2. The summed E-state index contributed by atoms with van der Waals surface area (Å²) < 4.78 is 49.8. The lowest BCUT2D eigenvalue weighted by molar-refractivity contribution is -0.0425. The Morgan fingerprint density at radius 2 is 0.926 bits per heavy atom. The highest BCUT2D eigenvalue weighted by Crippen LogP contribution is 2.44. The smallest absolute Gasteiger partial charge is 0.360 e. The highest BCUT2D eigenvalue weighted by Gasteiger charge is 2.48. The third kappa shape index (κ3) is 14.3. The average Bonchev–Trinajstić information content (AvgIpc) is 4.03. The number of rotatable bonds is 10. The summed E-state index contributed by atoms with van der Waals surface area (Å²) in [5.74, 6) is -0.650. The van der Waals surface area contributed by atoms with Gasteiger partial charge in [-0.1, -0.05) is 154 Å². The van der Waals surface area contributed by atoms with E-state index in [1.165, 1.54) is 12.5 Å². The van der Waals surface area contributed by atoms with Gasteiger partial charge in [0, 0.05) is 35.8 Å². The summed E-state index contributed by atoms with van der Waals surface area (Å²) in [5.41, 5.74) is -1.15. The monoisotopic (exact) mass is 971 g/mol. The van der Waals surface area contributed by atoms with Gasteiger partial charge in [0.15, 0.2) is 28.0 Å². The van der Waals surface area contributed by atoms with Crippen LogP contribution in [-0.2, 0) is 27.8 Å². The lowest BCUT2D eigenvalue weighted by Gasteiger charge is -2.45. The second-order valence-corrected chi connectivity index (χ2v) is 31.7. The van der Waals surface area contributed by atoms with Gasteiger partial charge in [0.2, 0.25) is 11.8 Å². The first-order valence-corrected chi connectivity index (χ1v) is 29.8. The quantitative estimate of drug-likeness (QED) is 0.0965. The molecular weight excluding hydrogens is 893 g/mol. The number of oxazole rings is 2. The second-order valence-electron chi connectivity index (χ2n) is 22.2. The van der Waals surface area contributed by atoms with E-state index in [1.54, 1.807) is 24.3 Å². The average molecular weight is 971 g/mol. The molecule has 372 valence electrons. The Balaban J connectivity index is 1.41. The number of nitrogens with zero attached hydrogens (tertiary/aromatic N) is 2. The number of aromatic nitrogens is 2. The molecular formula is C54H78N2O10Si2. The van der Waals surface area contributed by atoms with Crippen LogP contribution in [0.15, 0.2) is 106 Å². The van der Waals surface area contributed by atoms with Crippen molar-refractivity contribution in [1.82, 2.24) is 9.97 Å². The molecule has 2 aromatic rings. The van der Waals surface area contributed by atoms with Crippen LogP contribution in [0.1, 0.15) is 129 Å². The van der Waals surface area contributed by atoms with E-state index in [0.29, 0.717) is 12.8 Å². The van der Waals surface area contributed by atoms with Gasteiger partial charge >= 0.3 is 11.9 Å². The van der Waals surface area contributed by atoms with Crippen molar-refractivity contribution in [2.45, 2.75) is 181 Å². The zero-order valence-electron chi connectivity index (χ0n) is 43.4. The van der Waals surface area contributed by atoms with Crippen LogP contribution < -0.4 is 0 Å². The fraction of sp³-hybridized carbons (Fsp3) is 0.556. The number of hydrogen-bond acceptors (Lipinski definition) is 12. The third-order valence-corrected chi connectivity index (χ3v) is 23.0. The van der Waals surface area contributed by atoms with E-state index in [4.69, 9.17) is 36.6 Å². The maximum atomic E-state index is 13.8. The molecule has 5 rings (SSSR count). The largest absolute Gasteiger partial charge is 0.457 e. The lowest BCUT2D eigenvalue weighted by Crippen LogP contribution is -2.51. The summed E-state index contributed by atoms with van der Waals surface area (Å²) in [7, 11) is -4.47. The standard InChI is InChI=1S/C54H78N2O10Si2/c1-17-25-45(65-67(13,14)51(3,4)5)53(9,10)43-31-23-29-41-39(61-41)27-19-22-34-48-56-38(36-60-48)50(58)64-44(54(11,12)46(26-18-2)66-68(15,16)52(6,7)8)32-24-30-42-40(62-42)28-20-21-33-47-55-37(35-59-47)49(57)63-43/h17-30,33-36,39-46H,31-32H2,1-16H3/b25-17+,26-18+,27-19+,28-20+,29-23-,30-24-,33-21-,34-22-/t39-,40-,41+,42+,43-,44-,45-,46-/m0/s1. The summed E-state index contributed by atoms with van der Waals surface area (Å²) in [5, 5.41) is -0.0595. The first-order chi connectivity index (χ1) is 31.7. The van der Waals surface area contributed by atoms with Crippen molar-refractivity contribution in [2.75, 3.05) is 0 Å². The van der Waals surface area contributed by atoms with Crippen molar-refractivity contribution in [3.63, 3.8) is 0 Å². The Labute approximate surface area is 408 Å². The zero-order chi connectivity index (χ0) is 50.3. The van der Waals surface area contributed by atoms with E-state index in [-0.39, 0.29) is 69.9 Å². The highest BCUT2D eigenvalue weighted by molar-refractivity contribution is 6.74. The number of hydrogen-bond donors (Lipinski definition) is 0. The molecule has 0 spiro atoms. The van der Waals surface area contributed by atoms with Gasteiger partial charge in [-0.05, 0) is 50.1 Å². The predicted molar refractivity (Wildman–Crippen MR) is 274 cm³/mol. The van der Waals surface area contributed by atoms with Gasteiger partial charge in [0.05, 0.1) is 12.2 Å². The third-order valence-electron chi connectivity index (χ3n) is 14.1. The summed E-state index contributed by atoms with van der Waals surface area (Å²) in [6, 6.07) is 0. The van der Waals surface area contributed by atoms with Crippen molar-refractivity contribution in [3.8, 4) is 0 Å². The van der Waals surface area contributed by atoms with Crippen molar-refractivity contribution >= 4 is 40.7 Å². The molecule has 0 saturated carbocycles.